The third kappa shape index (κ3) is 2.34. The Morgan fingerprint density at radius 2 is 2.42 bits per heavy atom. The number of hydrazine groups is 1. The van der Waals surface area contributed by atoms with Gasteiger partial charge in [-0.05, 0) is 25.2 Å². The van der Waals surface area contributed by atoms with E-state index in [2.05, 4.69) is 0 Å². The van der Waals surface area contributed by atoms with Gasteiger partial charge < -0.3 is 5.11 Å². The number of aliphatic hydroxyl groups is 1. The standard InChI is InChI=1S/C7H14N2O3/c10-5-3-7-2-1-4-8(6-7)9(11)12/h7,10H,1-6H2. The molecular weight excluding hydrogens is 160 g/mol. The van der Waals surface area contributed by atoms with Crippen LogP contribution in [0.5, 0.6) is 0 Å². The van der Waals surface area contributed by atoms with Crippen molar-refractivity contribution in [2.75, 3.05) is 19.7 Å². The molecular formula is C7H14N2O3. The highest BCUT2D eigenvalue weighted by Crippen LogP contribution is 2.18. The number of nitrogens with zero attached hydrogens (tertiary/aromatic N) is 2. The maximum atomic E-state index is 10.4. The van der Waals surface area contributed by atoms with Crippen LogP contribution >= 0.6 is 0 Å². The minimum Gasteiger partial charge on any atom is -0.396 e. The molecule has 0 spiro atoms. The predicted octanol–water partition coefficient (Wildman–Crippen LogP) is 0.273. The molecule has 1 aliphatic rings. The van der Waals surface area contributed by atoms with Crippen LogP contribution in [0.25, 0.3) is 0 Å². The van der Waals surface area contributed by atoms with E-state index >= 15 is 0 Å². The van der Waals surface area contributed by atoms with E-state index in [0.29, 0.717) is 25.4 Å². The van der Waals surface area contributed by atoms with Crippen LogP contribution in [0.4, 0.5) is 0 Å². The zero-order valence-electron chi connectivity index (χ0n) is 6.98. The van der Waals surface area contributed by atoms with E-state index in [-0.39, 0.29) is 11.6 Å². The zero-order chi connectivity index (χ0) is 8.97. The summed E-state index contributed by atoms with van der Waals surface area (Å²) in [5.41, 5.74) is 0. The molecule has 0 radical (unpaired) electrons. The molecule has 1 unspecified atom stereocenters. The van der Waals surface area contributed by atoms with Crippen LogP contribution in [0, 0.1) is 16.0 Å². The van der Waals surface area contributed by atoms with E-state index in [1.54, 1.807) is 0 Å². The lowest BCUT2D eigenvalue weighted by molar-refractivity contribution is -0.659. The number of hydrogen-bond donors (Lipinski definition) is 1. The number of piperidine rings is 1. The smallest absolute Gasteiger partial charge is 0.160 e. The Kier molecular flexibility index (Phi) is 3.28. The van der Waals surface area contributed by atoms with Gasteiger partial charge in [0.25, 0.3) is 0 Å². The average Bonchev–Trinajstić information content (AvgIpc) is 2.05. The van der Waals surface area contributed by atoms with Gasteiger partial charge in [0.15, 0.2) is 5.03 Å². The summed E-state index contributed by atoms with van der Waals surface area (Å²) in [6.45, 7) is 1.18. The lowest BCUT2D eigenvalue weighted by Gasteiger charge is -2.26. The van der Waals surface area contributed by atoms with Gasteiger partial charge in [-0.2, -0.15) is 0 Å². The second kappa shape index (κ2) is 4.25. The van der Waals surface area contributed by atoms with E-state index in [0.717, 1.165) is 12.8 Å². The first kappa shape index (κ1) is 9.25. The highest BCUT2D eigenvalue weighted by molar-refractivity contribution is 4.67. The van der Waals surface area contributed by atoms with E-state index in [4.69, 9.17) is 5.11 Å². The molecule has 1 fully saturated rings. The van der Waals surface area contributed by atoms with Gasteiger partial charge in [-0.25, -0.2) is 10.1 Å². The molecule has 0 bridgehead atoms. The quantitative estimate of drug-likeness (QED) is 0.492. The van der Waals surface area contributed by atoms with Gasteiger partial charge in [-0.3, -0.25) is 0 Å². The second-order valence-electron chi connectivity index (χ2n) is 3.17. The Hall–Kier alpha value is -0.840. The molecule has 0 aliphatic carbocycles. The molecule has 70 valence electrons. The third-order valence-electron chi connectivity index (χ3n) is 2.27. The summed E-state index contributed by atoms with van der Waals surface area (Å²) in [4.78, 5) is 10.4. The van der Waals surface area contributed by atoms with Crippen molar-refractivity contribution in [1.29, 1.82) is 0 Å². The summed E-state index contributed by atoms with van der Waals surface area (Å²) in [6, 6.07) is 0. The fourth-order valence-electron chi connectivity index (χ4n) is 1.61. The molecule has 1 saturated heterocycles. The monoisotopic (exact) mass is 174 g/mol. The van der Waals surface area contributed by atoms with E-state index in [1.165, 1.54) is 5.01 Å². The van der Waals surface area contributed by atoms with Gasteiger partial charge in [0.1, 0.15) is 0 Å². The topological polar surface area (TPSA) is 66.6 Å². The van der Waals surface area contributed by atoms with Crippen molar-refractivity contribution >= 4 is 0 Å². The van der Waals surface area contributed by atoms with Gasteiger partial charge in [-0.1, -0.05) is 0 Å². The van der Waals surface area contributed by atoms with Crippen molar-refractivity contribution in [3.05, 3.63) is 10.1 Å². The zero-order valence-corrected chi connectivity index (χ0v) is 6.98. The third-order valence-corrected chi connectivity index (χ3v) is 2.27. The van der Waals surface area contributed by atoms with Crippen LogP contribution in [-0.2, 0) is 0 Å². The van der Waals surface area contributed by atoms with Crippen molar-refractivity contribution in [3.63, 3.8) is 0 Å². The van der Waals surface area contributed by atoms with E-state index in [9.17, 15) is 10.1 Å². The van der Waals surface area contributed by atoms with Crippen molar-refractivity contribution in [2.45, 2.75) is 19.3 Å². The Morgan fingerprint density at radius 3 is 3.00 bits per heavy atom. The van der Waals surface area contributed by atoms with Crippen LogP contribution in [-0.4, -0.2) is 34.8 Å². The molecule has 0 amide bonds. The first-order valence-electron chi connectivity index (χ1n) is 4.24. The molecule has 1 rings (SSSR count). The number of hydrogen-bond acceptors (Lipinski definition) is 3. The van der Waals surface area contributed by atoms with Crippen molar-refractivity contribution in [1.82, 2.24) is 5.01 Å². The van der Waals surface area contributed by atoms with E-state index < -0.39 is 0 Å². The minimum atomic E-state index is -0.344. The van der Waals surface area contributed by atoms with Gasteiger partial charge in [-0.15, -0.1) is 5.01 Å². The fraction of sp³-hybridized carbons (Fsp3) is 1.00. The SMILES string of the molecule is O=[N+]([O-])N1CCCC(CCO)C1. The van der Waals surface area contributed by atoms with Gasteiger partial charge >= 0.3 is 0 Å². The molecule has 0 aromatic rings. The Balaban J connectivity index is 2.35. The Labute approximate surface area is 71.1 Å². The average molecular weight is 174 g/mol. The highest BCUT2D eigenvalue weighted by Gasteiger charge is 2.24. The molecule has 12 heavy (non-hydrogen) atoms. The summed E-state index contributed by atoms with van der Waals surface area (Å²) in [5, 5.41) is 19.9. The van der Waals surface area contributed by atoms with Crippen molar-refractivity contribution in [3.8, 4) is 0 Å². The van der Waals surface area contributed by atoms with Crippen LogP contribution in [0.1, 0.15) is 19.3 Å². The highest BCUT2D eigenvalue weighted by atomic mass is 16.7. The number of aliphatic hydroxyl groups excluding tert-OH is 1. The maximum Gasteiger partial charge on any atom is 0.160 e. The molecule has 1 aliphatic heterocycles. The normalized spacial score (nSPS) is 24.1. The lowest BCUT2D eigenvalue weighted by atomic mass is 9.96. The van der Waals surface area contributed by atoms with Crippen LogP contribution in [0.15, 0.2) is 0 Å². The largest absolute Gasteiger partial charge is 0.396 e. The molecule has 1 heterocycles. The lowest BCUT2D eigenvalue weighted by Crippen LogP contribution is -2.39. The molecule has 0 aromatic carbocycles. The number of nitro groups is 1. The minimum absolute atomic E-state index is 0.135. The molecule has 0 saturated carbocycles. The number of rotatable bonds is 3. The maximum absolute atomic E-state index is 10.4. The first-order chi connectivity index (χ1) is 5.74. The Morgan fingerprint density at radius 1 is 1.67 bits per heavy atom. The second-order valence-corrected chi connectivity index (χ2v) is 3.17. The molecule has 5 nitrogen and oxygen atoms in total. The van der Waals surface area contributed by atoms with Gasteiger partial charge in [0, 0.05) is 6.61 Å². The predicted molar refractivity (Wildman–Crippen MR) is 43.0 cm³/mol. The van der Waals surface area contributed by atoms with Gasteiger partial charge in [0.05, 0.1) is 13.1 Å². The molecule has 1 atom stereocenters. The summed E-state index contributed by atoms with van der Waals surface area (Å²) in [6.07, 6.45) is 2.56. The van der Waals surface area contributed by atoms with Crippen LogP contribution in [0.3, 0.4) is 0 Å². The fourth-order valence-corrected chi connectivity index (χ4v) is 1.61. The summed E-state index contributed by atoms with van der Waals surface area (Å²) in [5.74, 6) is 0.300. The van der Waals surface area contributed by atoms with E-state index in [1.807, 2.05) is 0 Å². The van der Waals surface area contributed by atoms with Gasteiger partial charge in [0.2, 0.25) is 0 Å². The summed E-state index contributed by atoms with van der Waals surface area (Å²) >= 11 is 0. The Bertz CT molecular complexity index is 161. The first-order valence-corrected chi connectivity index (χ1v) is 4.24. The summed E-state index contributed by atoms with van der Waals surface area (Å²) in [7, 11) is 0. The summed E-state index contributed by atoms with van der Waals surface area (Å²) < 4.78 is 0. The molecule has 1 N–H and O–H groups in total. The molecule has 5 heteroatoms. The van der Waals surface area contributed by atoms with Crippen molar-refractivity contribution in [2.24, 2.45) is 5.92 Å². The molecule has 0 aromatic heterocycles. The van der Waals surface area contributed by atoms with Crippen molar-refractivity contribution < 1.29 is 10.1 Å². The van der Waals surface area contributed by atoms with Crippen LogP contribution in [0.2, 0.25) is 0 Å². The van der Waals surface area contributed by atoms with Crippen LogP contribution < -0.4 is 0 Å².